The Labute approximate surface area is 107 Å². The van der Waals surface area contributed by atoms with E-state index in [1.54, 1.807) is 12.1 Å². The Kier molecular flexibility index (Phi) is 4.31. The molecule has 1 aliphatic heterocycles. The summed E-state index contributed by atoms with van der Waals surface area (Å²) >= 11 is 0. The average molecular weight is 250 g/mol. The predicted molar refractivity (Wildman–Crippen MR) is 69.9 cm³/mol. The molecule has 1 aliphatic rings. The molecule has 0 bridgehead atoms. The first-order valence-corrected chi connectivity index (χ1v) is 6.41. The molecule has 4 heteroatoms. The summed E-state index contributed by atoms with van der Waals surface area (Å²) in [6, 6.07) is 5.84. The fraction of sp³-hybridized carbons (Fsp3) is 0.500. The lowest BCUT2D eigenvalue weighted by Gasteiger charge is -2.30. The number of amides is 1. The van der Waals surface area contributed by atoms with Gasteiger partial charge in [0.15, 0.2) is 0 Å². The van der Waals surface area contributed by atoms with Crippen molar-refractivity contribution in [2.75, 3.05) is 25.0 Å². The SMILES string of the molecule is C[C@@H]1CCCN(CC(=O)Nc2ccc(F)cc2)C1. The summed E-state index contributed by atoms with van der Waals surface area (Å²) in [6.07, 6.45) is 2.40. The van der Waals surface area contributed by atoms with Gasteiger partial charge in [-0.1, -0.05) is 6.92 Å². The number of benzene rings is 1. The van der Waals surface area contributed by atoms with Crippen molar-refractivity contribution in [2.24, 2.45) is 5.92 Å². The van der Waals surface area contributed by atoms with Gasteiger partial charge in [-0.3, -0.25) is 9.69 Å². The van der Waals surface area contributed by atoms with Crippen LogP contribution in [0.4, 0.5) is 10.1 Å². The van der Waals surface area contributed by atoms with Crippen LogP contribution in [0.2, 0.25) is 0 Å². The van der Waals surface area contributed by atoms with Crippen molar-refractivity contribution in [3.05, 3.63) is 30.1 Å². The lowest BCUT2D eigenvalue weighted by molar-refractivity contribution is -0.117. The third-order valence-corrected chi connectivity index (χ3v) is 3.24. The highest BCUT2D eigenvalue weighted by Crippen LogP contribution is 2.15. The van der Waals surface area contributed by atoms with Crippen molar-refractivity contribution in [3.8, 4) is 0 Å². The van der Waals surface area contributed by atoms with E-state index in [2.05, 4.69) is 17.1 Å². The van der Waals surface area contributed by atoms with Crippen LogP contribution in [-0.4, -0.2) is 30.4 Å². The van der Waals surface area contributed by atoms with Crippen LogP contribution in [0.15, 0.2) is 24.3 Å². The minimum Gasteiger partial charge on any atom is -0.325 e. The van der Waals surface area contributed by atoms with Gasteiger partial charge in [-0.25, -0.2) is 4.39 Å². The molecule has 1 N–H and O–H groups in total. The fourth-order valence-corrected chi connectivity index (χ4v) is 2.37. The molecule has 1 heterocycles. The van der Waals surface area contributed by atoms with E-state index in [1.165, 1.54) is 18.6 Å². The number of carbonyl (C=O) groups excluding carboxylic acids is 1. The van der Waals surface area contributed by atoms with Crippen molar-refractivity contribution in [3.63, 3.8) is 0 Å². The van der Waals surface area contributed by atoms with Gasteiger partial charge in [0.2, 0.25) is 5.91 Å². The van der Waals surface area contributed by atoms with Crippen LogP contribution < -0.4 is 5.32 Å². The lowest BCUT2D eigenvalue weighted by Crippen LogP contribution is -2.39. The summed E-state index contributed by atoms with van der Waals surface area (Å²) in [5.41, 5.74) is 0.645. The maximum Gasteiger partial charge on any atom is 0.238 e. The first-order chi connectivity index (χ1) is 8.63. The summed E-state index contributed by atoms with van der Waals surface area (Å²) < 4.78 is 12.7. The molecular formula is C14H19FN2O. The van der Waals surface area contributed by atoms with E-state index in [1.807, 2.05) is 0 Å². The van der Waals surface area contributed by atoms with Gasteiger partial charge in [-0.05, 0) is 49.6 Å². The fourth-order valence-electron chi connectivity index (χ4n) is 2.37. The molecule has 0 aromatic heterocycles. The normalized spacial score (nSPS) is 20.7. The molecule has 0 spiro atoms. The molecule has 3 nitrogen and oxygen atoms in total. The van der Waals surface area contributed by atoms with Gasteiger partial charge < -0.3 is 5.32 Å². The van der Waals surface area contributed by atoms with E-state index >= 15 is 0 Å². The smallest absolute Gasteiger partial charge is 0.238 e. The Morgan fingerprint density at radius 3 is 2.83 bits per heavy atom. The number of piperidine rings is 1. The third-order valence-electron chi connectivity index (χ3n) is 3.24. The number of carbonyl (C=O) groups is 1. The van der Waals surface area contributed by atoms with Gasteiger partial charge in [0.25, 0.3) is 0 Å². The van der Waals surface area contributed by atoms with Crippen LogP contribution in [-0.2, 0) is 4.79 Å². The van der Waals surface area contributed by atoms with Crippen molar-refractivity contribution >= 4 is 11.6 Å². The van der Waals surface area contributed by atoms with Crippen LogP contribution >= 0.6 is 0 Å². The molecule has 98 valence electrons. The first kappa shape index (κ1) is 13.0. The van der Waals surface area contributed by atoms with Gasteiger partial charge >= 0.3 is 0 Å². The summed E-state index contributed by atoms with van der Waals surface area (Å²) in [5.74, 6) is 0.339. The van der Waals surface area contributed by atoms with Crippen LogP contribution in [0, 0.1) is 11.7 Å². The topological polar surface area (TPSA) is 32.3 Å². The Bertz CT molecular complexity index is 405. The van der Waals surface area contributed by atoms with Crippen LogP contribution in [0.3, 0.4) is 0 Å². The summed E-state index contributed by atoms with van der Waals surface area (Å²) in [5, 5.41) is 2.78. The number of hydrogen-bond donors (Lipinski definition) is 1. The summed E-state index contributed by atoms with van der Waals surface area (Å²) in [7, 11) is 0. The van der Waals surface area contributed by atoms with Gasteiger partial charge in [0, 0.05) is 12.2 Å². The van der Waals surface area contributed by atoms with Gasteiger partial charge in [0.05, 0.1) is 6.54 Å². The highest BCUT2D eigenvalue weighted by atomic mass is 19.1. The number of anilines is 1. The zero-order valence-electron chi connectivity index (χ0n) is 10.7. The Balaban J connectivity index is 1.83. The van der Waals surface area contributed by atoms with E-state index in [-0.39, 0.29) is 11.7 Å². The largest absolute Gasteiger partial charge is 0.325 e. The van der Waals surface area contributed by atoms with Gasteiger partial charge in [0.1, 0.15) is 5.82 Å². The molecule has 0 unspecified atom stereocenters. The molecule has 1 aromatic rings. The Morgan fingerprint density at radius 2 is 2.17 bits per heavy atom. The molecule has 1 saturated heterocycles. The maximum atomic E-state index is 12.7. The zero-order valence-corrected chi connectivity index (χ0v) is 10.7. The lowest BCUT2D eigenvalue weighted by atomic mass is 10.0. The molecule has 0 aliphatic carbocycles. The molecule has 1 fully saturated rings. The molecular weight excluding hydrogens is 231 g/mol. The minimum atomic E-state index is -0.294. The van der Waals surface area contributed by atoms with E-state index in [9.17, 15) is 9.18 Å². The molecule has 18 heavy (non-hydrogen) atoms. The number of hydrogen-bond acceptors (Lipinski definition) is 2. The average Bonchev–Trinajstić information content (AvgIpc) is 2.32. The van der Waals surface area contributed by atoms with Crippen molar-refractivity contribution in [1.29, 1.82) is 0 Å². The monoisotopic (exact) mass is 250 g/mol. The maximum absolute atomic E-state index is 12.7. The van der Waals surface area contributed by atoms with Crippen LogP contribution in [0.1, 0.15) is 19.8 Å². The molecule has 0 radical (unpaired) electrons. The molecule has 2 rings (SSSR count). The van der Waals surface area contributed by atoms with Crippen molar-refractivity contribution in [1.82, 2.24) is 4.90 Å². The zero-order chi connectivity index (χ0) is 13.0. The third kappa shape index (κ3) is 3.81. The first-order valence-electron chi connectivity index (χ1n) is 6.41. The molecule has 1 aromatic carbocycles. The highest BCUT2D eigenvalue weighted by molar-refractivity contribution is 5.92. The molecule has 1 amide bonds. The second-order valence-corrected chi connectivity index (χ2v) is 5.04. The quantitative estimate of drug-likeness (QED) is 0.894. The van der Waals surface area contributed by atoms with Crippen molar-refractivity contribution < 1.29 is 9.18 Å². The van der Waals surface area contributed by atoms with Gasteiger partial charge in [-0.2, -0.15) is 0 Å². The van der Waals surface area contributed by atoms with E-state index in [4.69, 9.17) is 0 Å². The van der Waals surface area contributed by atoms with Crippen molar-refractivity contribution in [2.45, 2.75) is 19.8 Å². The Hall–Kier alpha value is -1.42. The minimum absolute atomic E-state index is 0.0318. The van der Waals surface area contributed by atoms with Crippen LogP contribution in [0.25, 0.3) is 0 Å². The van der Waals surface area contributed by atoms with Crippen LogP contribution in [0.5, 0.6) is 0 Å². The number of rotatable bonds is 3. The standard InChI is InChI=1S/C14H19FN2O/c1-11-3-2-8-17(9-11)10-14(18)16-13-6-4-12(15)5-7-13/h4-7,11H,2-3,8-10H2,1H3,(H,16,18)/t11-/m1/s1. The second kappa shape index (κ2) is 5.96. The Morgan fingerprint density at radius 1 is 1.44 bits per heavy atom. The number of nitrogens with one attached hydrogen (secondary N) is 1. The predicted octanol–water partition coefficient (Wildman–Crippen LogP) is 2.50. The number of halogens is 1. The van der Waals surface area contributed by atoms with E-state index in [0.717, 1.165) is 19.5 Å². The number of likely N-dealkylation sites (tertiary alicyclic amines) is 1. The summed E-state index contributed by atoms with van der Waals surface area (Å²) in [4.78, 5) is 14.0. The molecule has 0 saturated carbocycles. The highest BCUT2D eigenvalue weighted by Gasteiger charge is 2.18. The van der Waals surface area contributed by atoms with Gasteiger partial charge in [-0.15, -0.1) is 0 Å². The van der Waals surface area contributed by atoms with E-state index < -0.39 is 0 Å². The molecule has 1 atom stereocenters. The van der Waals surface area contributed by atoms with E-state index in [0.29, 0.717) is 18.2 Å². The number of nitrogens with zero attached hydrogens (tertiary/aromatic N) is 1. The summed E-state index contributed by atoms with van der Waals surface area (Å²) in [6.45, 7) is 4.60. The second-order valence-electron chi connectivity index (χ2n) is 5.04.